The van der Waals surface area contributed by atoms with Crippen LogP contribution in [0.25, 0.3) is 0 Å². The number of nitrogens with one attached hydrogen (secondary N) is 1. The summed E-state index contributed by atoms with van der Waals surface area (Å²) in [6.45, 7) is 4.24. The molecule has 0 aromatic heterocycles. The van der Waals surface area contributed by atoms with E-state index < -0.39 is 10.0 Å². The molecule has 0 bridgehead atoms. The molecule has 30 heavy (non-hydrogen) atoms. The topological polar surface area (TPSA) is 79.0 Å². The maximum Gasteiger partial charge on any atom is 0.243 e. The van der Waals surface area contributed by atoms with Gasteiger partial charge < -0.3 is 15.0 Å². The smallest absolute Gasteiger partial charge is 0.243 e. The fraction of sp³-hybridized carbons (Fsp3) is 0.381. The first-order valence-electron chi connectivity index (χ1n) is 9.90. The molecule has 1 saturated heterocycles. The predicted molar refractivity (Wildman–Crippen MR) is 119 cm³/mol. The number of anilines is 2. The zero-order valence-corrected chi connectivity index (χ0v) is 18.5. The minimum absolute atomic E-state index is 0.171. The standard InChI is InChI=1S/C21H25N3O4S2/c1-16-6-7-17(14-20(16)30(26,27)24-8-11-28-12-9-24)22-21(25)15-23-10-13-29-19-5-3-2-4-18(19)23/h2-7,14H,8-13,15H2,1H3,(H,22,25). The molecule has 7 nitrogen and oxygen atoms in total. The monoisotopic (exact) mass is 447 g/mol. The van der Waals surface area contributed by atoms with Crippen LogP contribution in [-0.2, 0) is 19.6 Å². The molecule has 2 aliphatic rings. The van der Waals surface area contributed by atoms with Gasteiger partial charge in [-0.2, -0.15) is 4.31 Å². The van der Waals surface area contributed by atoms with Crippen molar-refractivity contribution in [3.05, 3.63) is 48.0 Å². The zero-order chi connectivity index (χ0) is 21.1. The Morgan fingerprint density at radius 3 is 2.70 bits per heavy atom. The van der Waals surface area contributed by atoms with E-state index in [-0.39, 0.29) is 17.3 Å². The predicted octanol–water partition coefficient (Wildman–Crippen LogP) is 2.57. The molecule has 0 spiro atoms. The summed E-state index contributed by atoms with van der Waals surface area (Å²) in [6.07, 6.45) is 0. The van der Waals surface area contributed by atoms with Gasteiger partial charge in [0.2, 0.25) is 15.9 Å². The van der Waals surface area contributed by atoms with Gasteiger partial charge in [-0.25, -0.2) is 8.42 Å². The van der Waals surface area contributed by atoms with E-state index in [4.69, 9.17) is 4.74 Å². The molecule has 1 N–H and O–H groups in total. The summed E-state index contributed by atoms with van der Waals surface area (Å²) in [7, 11) is -3.63. The molecule has 4 rings (SSSR count). The summed E-state index contributed by atoms with van der Waals surface area (Å²) in [4.78, 5) is 16.2. The van der Waals surface area contributed by atoms with E-state index in [1.165, 1.54) is 9.20 Å². The maximum absolute atomic E-state index is 13.0. The summed E-state index contributed by atoms with van der Waals surface area (Å²) >= 11 is 1.79. The third-order valence-electron chi connectivity index (χ3n) is 5.22. The maximum atomic E-state index is 13.0. The molecule has 1 fully saturated rings. The average Bonchev–Trinajstić information content (AvgIpc) is 2.76. The molecule has 0 atom stereocenters. The molecule has 9 heteroatoms. The number of morpholine rings is 1. The van der Waals surface area contributed by atoms with Crippen molar-refractivity contribution in [3.8, 4) is 0 Å². The molecule has 2 aliphatic heterocycles. The van der Waals surface area contributed by atoms with Gasteiger partial charge in [0.15, 0.2) is 0 Å². The Morgan fingerprint density at radius 2 is 1.90 bits per heavy atom. The molecule has 1 amide bonds. The van der Waals surface area contributed by atoms with Crippen molar-refractivity contribution in [2.24, 2.45) is 0 Å². The number of rotatable bonds is 5. The third-order valence-corrected chi connectivity index (χ3v) is 8.30. The van der Waals surface area contributed by atoms with E-state index >= 15 is 0 Å². The van der Waals surface area contributed by atoms with Crippen LogP contribution < -0.4 is 10.2 Å². The van der Waals surface area contributed by atoms with Crippen LogP contribution in [0.3, 0.4) is 0 Å². The molecule has 2 aromatic carbocycles. The van der Waals surface area contributed by atoms with Crippen LogP contribution in [0.1, 0.15) is 5.56 Å². The Labute approximate surface area is 181 Å². The number of benzene rings is 2. The van der Waals surface area contributed by atoms with E-state index in [1.54, 1.807) is 36.9 Å². The van der Waals surface area contributed by atoms with Crippen molar-refractivity contribution >= 4 is 39.1 Å². The fourth-order valence-electron chi connectivity index (χ4n) is 3.65. The van der Waals surface area contributed by atoms with Crippen molar-refractivity contribution in [2.75, 3.05) is 55.4 Å². The zero-order valence-electron chi connectivity index (χ0n) is 16.8. The summed E-state index contributed by atoms with van der Waals surface area (Å²) in [6, 6.07) is 13.1. The number of para-hydroxylation sites is 1. The highest BCUT2D eigenvalue weighted by molar-refractivity contribution is 7.99. The number of thioether (sulfide) groups is 1. The Hall–Kier alpha value is -2.07. The Kier molecular flexibility index (Phi) is 6.33. The largest absolute Gasteiger partial charge is 0.379 e. The summed E-state index contributed by atoms with van der Waals surface area (Å²) in [5, 5.41) is 2.87. The number of ether oxygens (including phenoxy) is 1. The van der Waals surface area contributed by atoms with Crippen LogP contribution in [0.2, 0.25) is 0 Å². The number of nitrogens with zero attached hydrogens (tertiary/aromatic N) is 2. The molecular formula is C21H25N3O4S2. The molecule has 2 aromatic rings. The van der Waals surface area contributed by atoms with Crippen molar-refractivity contribution in [3.63, 3.8) is 0 Å². The lowest BCUT2D eigenvalue weighted by Gasteiger charge is -2.30. The number of aryl methyl sites for hydroxylation is 1. The van der Waals surface area contributed by atoms with Gasteiger partial charge in [-0.05, 0) is 36.8 Å². The van der Waals surface area contributed by atoms with Gasteiger partial charge in [-0.1, -0.05) is 18.2 Å². The lowest BCUT2D eigenvalue weighted by atomic mass is 10.2. The number of amides is 1. The summed E-state index contributed by atoms with van der Waals surface area (Å²) in [5.41, 5.74) is 2.20. The summed E-state index contributed by atoms with van der Waals surface area (Å²) in [5.74, 6) is 0.756. The van der Waals surface area contributed by atoms with Crippen molar-refractivity contribution < 1.29 is 17.9 Å². The quantitative estimate of drug-likeness (QED) is 0.759. The van der Waals surface area contributed by atoms with E-state index in [0.29, 0.717) is 37.6 Å². The van der Waals surface area contributed by atoms with E-state index in [1.807, 2.05) is 18.2 Å². The van der Waals surface area contributed by atoms with Crippen molar-refractivity contribution in [1.29, 1.82) is 0 Å². The van der Waals surface area contributed by atoms with Gasteiger partial charge in [0, 0.05) is 36.0 Å². The minimum Gasteiger partial charge on any atom is -0.379 e. The molecule has 0 aliphatic carbocycles. The Balaban J connectivity index is 1.49. The minimum atomic E-state index is -3.63. The number of sulfonamides is 1. The first kappa shape index (κ1) is 21.2. The molecule has 0 saturated carbocycles. The Bertz CT molecular complexity index is 1040. The highest BCUT2D eigenvalue weighted by Crippen LogP contribution is 2.34. The first-order chi connectivity index (χ1) is 14.4. The van der Waals surface area contributed by atoms with Gasteiger partial charge >= 0.3 is 0 Å². The van der Waals surface area contributed by atoms with Crippen LogP contribution in [-0.4, -0.2) is 63.8 Å². The first-order valence-corrected chi connectivity index (χ1v) is 12.3. The SMILES string of the molecule is Cc1ccc(NC(=O)CN2CCSc3ccccc32)cc1S(=O)(=O)N1CCOCC1. The normalized spacial score (nSPS) is 17.4. The van der Waals surface area contributed by atoms with Crippen LogP contribution >= 0.6 is 11.8 Å². The van der Waals surface area contributed by atoms with Crippen LogP contribution in [0, 0.1) is 6.92 Å². The van der Waals surface area contributed by atoms with Gasteiger partial charge in [-0.3, -0.25) is 4.79 Å². The number of hydrogen-bond donors (Lipinski definition) is 1. The van der Waals surface area contributed by atoms with Crippen LogP contribution in [0.5, 0.6) is 0 Å². The average molecular weight is 448 g/mol. The molecule has 0 unspecified atom stereocenters. The highest BCUT2D eigenvalue weighted by atomic mass is 32.2. The number of fused-ring (bicyclic) bond motifs is 1. The number of carbonyl (C=O) groups excluding carboxylic acids is 1. The second-order valence-corrected chi connectivity index (χ2v) is 10.3. The second-order valence-electron chi connectivity index (χ2n) is 7.28. The molecule has 160 valence electrons. The Morgan fingerprint density at radius 1 is 1.13 bits per heavy atom. The third kappa shape index (κ3) is 4.49. The molecular weight excluding hydrogens is 422 g/mol. The van der Waals surface area contributed by atoms with Gasteiger partial charge in [0.05, 0.1) is 30.3 Å². The number of carbonyl (C=O) groups is 1. The van der Waals surface area contributed by atoms with E-state index in [2.05, 4.69) is 16.3 Å². The van der Waals surface area contributed by atoms with Gasteiger partial charge in [0.1, 0.15) is 0 Å². The lowest BCUT2D eigenvalue weighted by molar-refractivity contribution is -0.115. The second kappa shape index (κ2) is 8.97. The highest BCUT2D eigenvalue weighted by Gasteiger charge is 2.28. The van der Waals surface area contributed by atoms with Crippen molar-refractivity contribution in [2.45, 2.75) is 16.7 Å². The number of hydrogen-bond acceptors (Lipinski definition) is 6. The molecule has 2 heterocycles. The van der Waals surface area contributed by atoms with Gasteiger partial charge in [-0.15, -0.1) is 11.8 Å². The van der Waals surface area contributed by atoms with E-state index in [9.17, 15) is 13.2 Å². The van der Waals surface area contributed by atoms with E-state index in [0.717, 1.165) is 18.0 Å². The lowest BCUT2D eigenvalue weighted by Crippen LogP contribution is -2.40. The van der Waals surface area contributed by atoms with Crippen LogP contribution in [0.4, 0.5) is 11.4 Å². The van der Waals surface area contributed by atoms with Crippen LogP contribution in [0.15, 0.2) is 52.3 Å². The van der Waals surface area contributed by atoms with Gasteiger partial charge in [0.25, 0.3) is 0 Å². The fourth-order valence-corrected chi connectivity index (χ4v) is 6.36. The van der Waals surface area contributed by atoms with Crippen molar-refractivity contribution in [1.82, 2.24) is 4.31 Å². The molecule has 0 radical (unpaired) electrons. The summed E-state index contributed by atoms with van der Waals surface area (Å²) < 4.78 is 32.8.